The SMILES string of the molecule is O=C(Nc1ccc(C(=O)Nc2cccc(N3CCCC3=O)c2)cc1)NC1CC1. The molecule has 1 aliphatic heterocycles. The highest BCUT2D eigenvalue weighted by atomic mass is 16.2. The molecule has 3 N–H and O–H groups in total. The molecule has 0 bridgehead atoms. The van der Waals surface area contributed by atoms with E-state index in [1.165, 1.54) is 0 Å². The van der Waals surface area contributed by atoms with Gasteiger partial charge in [0.05, 0.1) is 0 Å². The second-order valence-corrected chi connectivity index (χ2v) is 7.10. The van der Waals surface area contributed by atoms with E-state index in [1.54, 1.807) is 41.3 Å². The average molecular weight is 378 g/mol. The van der Waals surface area contributed by atoms with Crippen molar-refractivity contribution >= 4 is 34.9 Å². The lowest BCUT2D eigenvalue weighted by molar-refractivity contribution is -0.117. The summed E-state index contributed by atoms with van der Waals surface area (Å²) in [6.45, 7) is 0.707. The van der Waals surface area contributed by atoms with Gasteiger partial charge in [-0.3, -0.25) is 9.59 Å². The van der Waals surface area contributed by atoms with Gasteiger partial charge in [-0.05, 0) is 61.7 Å². The number of benzene rings is 2. The predicted molar refractivity (Wildman–Crippen MR) is 108 cm³/mol. The zero-order chi connectivity index (χ0) is 19.5. The van der Waals surface area contributed by atoms with Gasteiger partial charge in [-0.1, -0.05) is 6.07 Å². The highest BCUT2D eigenvalue weighted by Gasteiger charge is 2.23. The van der Waals surface area contributed by atoms with Crippen molar-refractivity contribution in [1.29, 1.82) is 0 Å². The Balaban J connectivity index is 1.38. The summed E-state index contributed by atoms with van der Waals surface area (Å²) in [5, 5.41) is 8.45. The van der Waals surface area contributed by atoms with E-state index in [2.05, 4.69) is 16.0 Å². The van der Waals surface area contributed by atoms with Crippen molar-refractivity contribution in [2.45, 2.75) is 31.7 Å². The quantitative estimate of drug-likeness (QED) is 0.745. The Morgan fingerprint density at radius 2 is 1.75 bits per heavy atom. The maximum Gasteiger partial charge on any atom is 0.319 e. The third-order valence-electron chi connectivity index (χ3n) is 4.81. The molecular weight excluding hydrogens is 356 g/mol. The molecule has 2 aromatic carbocycles. The van der Waals surface area contributed by atoms with E-state index in [-0.39, 0.29) is 23.9 Å². The van der Waals surface area contributed by atoms with Crippen LogP contribution in [0.15, 0.2) is 48.5 Å². The Morgan fingerprint density at radius 1 is 0.964 bits per heavy atom. The number of urea groups is 1. The first-order chi connectivity index (χ1) is 13.6. The number of nitrogens with one attached hydrogen (secondary N) is 3. The van der Waals surface area contributed by atoms with Crippen LogP contribution >= 0.6 is 0 Å². The normalized spacial score (nSPS) is 16.0. The first-order valence-corrected chi connectivity index (χ1v) is 9.48. The molecule has 7 nitrogen and oxygen atoms in total. The fourth-order valence-corrected chi connectivity index (χ4v) is 3.16. The number of carbonyl (C=O) groups excluding carboxylic acids is 3. The summed E-state index contributed by atoms with van der Waals surface area (Å²) < 4.78 is 0. The standard InChI is InChI=1S/C21H22N4O3/c26-19-5-2-12-25(19)18-4-1-3-17(13-18)22-20(27)14-6-8-15(9-7-14)23-21(28)24-16-10-11-16/h1,3-4,6-9,13,16H,2,5,10-12H2,(H,22,27)(H2,23,24,28). The van der Waals surface area contributed by atoms with Crippen LogP contribution in [0.5, 0.6) is 0 Å². The van der Waals surface area contributed by atoms with Gasteiger partial charge in [-0.2, -0.15) is 0 Å². The second kappa shape index (κ2) is 7.72. The number of hydrogen-bond acceptors (Lipinski definition) is 3. The van der Waals surface area contributed by atoms with Gasteiger partial charge in [-0.25, -0.2) is 4.79 Å². The molecule has 0 spiro atoms. The van der Waals surface area contributed by atoms with Crippen molar-refractivity contribution in [2.24, 2.45) is 0 Å². The molecule has 2 fully saturated rings. The summed E-state index contributed by atoms with van der Waals surface area (Å²) in [5.41, 5.74) is 2.54. The summed E-state index contributed by atoms with van der Waals surface area (Å²) in [6.07, 6.45) is 3.48. The fraction of sp³-hybridized carbons (Fsp3) is 0.286. The van der Waals surface area contributed by atoms with E-state index in [4.69, 9.17) is 0 Å². The van der Waals surface area contributed by atoms with Gasteiger partial charge in [0.15, 0.2) is 0 Å². The number of carbonyl (C=O) groups is 3. The molecule has 0 radical (unpaired) electrons. The van der Waals surface area contributed by atoms with Gasteiger partial charge in [0.1, 0.15) is 0 Å². The number of anilines is 3. The third-order valence-corrected chi connectivity index (χ3v) is 4.81. The van der Waals surface area contributed by atoms with Gasteiger partial charge in [0.2, 0.25) is 5.91 Å². The number of rotatable bonds is 5. The molecule has 0 aromatic heterocycles. The van der Waals surface area contributed by atoms with Gasteiger partial charge < -0.3 is 20.9 Å². The van der Waals surface area contributed by atoms with Crippen LogP contribution in [0.25, 0.3) is 0 Å². The monoisotopic (exact) mass is 378 g/mol. The zero-order valence-corrected chi connectivity index (χ0v) is 15.4. The predicted octanol–water partition coefficient (Wildman–Crippen LogP) is 3.35. The van der Waals surface area contributed by atoms with E-state index < -0.39 is 0 Å². The first kappa shape index (κ1) is 18.0. The molecule has 7 heteroatoms. The van der Waals surface area contributed by atoms with E-state index >= 15 is 0 Å². The van der Waals surface area contributed by atoms with E-state index in [1.807, 2.05) is 12.1 Å². The van der Waals surface area contributed by atoms with Crippen LogP contribution in [0.3, 0.4) is 0 Å². The molecule has 2 aliphatic rings. The lowest BCUT2D eigenvalue weighted by Crippen LogP contribution is -2.30. The smallest absolute Gasteiger partial charge is 0.319 e. The van der Waals surface area contributed by atoms with Crippen LogP contribution < -0.4 is 20.9 Å². The van der Waals surface area contributed by atoms with Gasteiger partial charge in [0, 0.05) is 41.6 Å². The molecular formula is C21H22N4O3. The lowest BCUT2D eigenvalue weighted by Gasteiger charge is -2.16. The summed E-state index contributed by atoms with van der Waals surface area (Å²) in [7, 11) is 0. The minimum atomic E-state index is -0.251. The zero-order valence-electron chi connectivity index (χ0n) is 15.4. The number of hydrogen-bond donors (Lipinski definition) is 3. The van der Waals surface area contributed by atoms with Crippen molar-refractivity contribution < 1.29 is 14.4 Å². The Hall–Kier alpha value is -3.35. The number of nitrogens with zero attached hydrogens (tertiary/aromatic N) is 1. The summed E-state index contributed by atoms with van der Waals surface area (Å²) in [4.78, 5) is 37.9. The van der Waals surface area contributed by atoms with Gasteiger partial charge in [0.25, 0.3) is 5.91 Å². The van der Waals surface area contributed by atoms with Crippen molar-refractivity contribution in [3.05, 3.63) is 54.1 Å². The molecule has 1 aliphatic carbocycles. The Labute approximate surface area is 163 Å². The molecule has 1 saturated heterocycles. The van der Waals surface area contributed by atoms with Crippen molar-refractivity contribution in [3.63, 3.8) is 0 Å². The van der Waals surface area contributed by atoms with Gasteiger partial charge in [-0.15, -0.1) is 0 Å². The summed E-state index contributed by atoms with van der Waals surface area (Å²) >= 11 is 0. The minimum absolute atomic E-state index is 0.109. The Kier molecular flexibility index (Phi) is 4.97. The van der Waals surface area contributed by atoms with Crippen LogP contribution in [0.4, 0.5) is 21.9 Å². The van der Waals surface area contributed by atoms with Crippen LogP contribution in [0.2, 0.25) is 0 Å². The topological polar surface area (TPSA) is 90.5 Å². The highest BCUT2D eigenvalue weighted by Crippen LogP contribution is 2.24. The van der Waals surface area contributed by atoms with Gasteiger partial charge >= 0.3 is 6.03 Å². The molecule has 28 heavy (non-hydrogen) atoms. The maximum atomic E-state index is 12.5. The molecule has 144 valence electrons. The lowest BCUT2D eigenvalue weighted by atomic mass is 10.2. The third kappa shape index (κ3) is 4.31. The van der Waals surface area contributed by atoms with Crippen LogP contribution in [-0.4, -0.2) is 30.4 Å². The summed E-state index contributed by atoms with van der Waals surface area (Å²) in [5.74, 6) is -0.142. The molecule has 0 unspecified atom stereocenters. The van der Waals surface area contributed by atoms with Crippen molar-refractivity contribution in [1.82, 2.24) is 5.32 Å². The maximum absolute atomic E-state index is 12.5. The Morgan fingerprint density at radius 3 is 2.43 bits per heavy atom. The Bertz CT molecular complexity index is 906. The second-order valence-electron chi connectivity index (χ2n) is 7.10. The van der Waals surface area contributed by atoms with Crippen molar-refractivity contribution in [3.8, 4) is 0 Å². The first-order valence-electron chi connectivity index (χ1n) is 9.48. The van der Waals surface area contributed by atoms with Crippen LogP contribution in [-0.2, 0) is 4.79 Å². The fourth-order valence-electron chi connectivity index (χ4n) is 3.16. The average Bonchev–Trinajstić information content (AvgIpc) is 3.39. The van der Waals surface area contributed by atoms with Crippen LogP contribution in [0, 0.1) is 0 Å². The molecule has 1 heterocycles. The number of amides is 4. The largest absolute Gasteiger partial charge is 0.335 e. The van der Waals surface area contributed by atoms with E-state index in [9.17, 15) is 14.4 Å². The summed E-state index contributed by atoms with van der Waals surface area (Å²) in [6, 6.07) is 14.1. The molecule has 4 rings (SSSR count). The van der Waals surface area contributed by atoms with Crippen LogP contribution in [0.1, 0.15) is 36.0 Å². The molecule has 4 amide bonds. The molecule has 2 aromatic rings. The minimum Gasteiger partial charge on any atom is -0.335 e. The molecule has 0 atom stereocenters. The highest BCUT2D eigenvalue weighted by molar-refractivity contribution is 6.05. The van der Waals surface area contributed by atoms with E-state index in [0.29, 0.717) is 29.9 Å². The van der Waals surface area contributed by atoms with Crippen molar-refractivity contribution in [2.75, 3.05) is 22.1 Å². The molecule has 1 saturated carbocycles. The van der Waals surface area contributed by atoms with E-state index in [0.717, 1.165) is 24.9 Å².